The van der Waals surface area contributed by atoms with Gasteiger partial charge in [0.15, 0.2) is 0 Å². The molecule has 0 saturated carbocycles. The number of carbonyl (C=O) groups is 1. The minimum absolute atomic E-state index is 0.0171. The SMILES string of the molecule is O=C(NCc1ccc(Cl)cc1Cl)[C@H](Cc1ccccc1)NS(=O)(=O)c1ccc(Cl)cc1. The molecule has 0 heterocycles. The maximum absolute atomic E-state index is 12.9. The monoisotopic (exact) mass is 496 g/mol. The van der Waals surface area contributed by atoms with Gasteiger partial charge >= 0.3 is 0 Å². The summed E-state index contributed by atoms with van der Waals surface area (Å²) in [5.41, 5.74) is 1.48. The fraction of sp³-hybridized carbons (Fsp3) is 0.136. The lowest BCUT2D eigenvalue weighted by molar-refractivity contribution is -0.122. The Labute approximate surface area is 196 Å². The van der Waals surface area contributed by atoms with Crippen LogP contribution in [0.15, 0.2) is 77.7 Å². The van der Waals surface area contributed by atoms with Crippen molar-refractivity contribution in [3.8, 4) is 0 Å². The highest BCUT2D eigenvalue weighted by Crippen LogP contribution is 2.21. The minimum atomic E-state index is -3.95. The van der Waals surface area contributed by atoms with Crippen LogP contribution in [0.25, 0.3) is 0 Å². The smallest absolute Gasteiger partial charge is 0.241 e. The standard InChI is InChI=1S/C22H19Cl3N2O3S/c23-17-8-10-19(11-9-17)31(29,30)27-21(12-15-4-2-1-3-5-15)22(28)26-14-16-6-7-18(24)13-20(16)25/h1-11,13,21,27H,12,14H2,(H,26,28)/t21-/m0/s1. The van der Waals surface area contributed by atoms with Crippen molar-refractivity contribution < 1.29 is 13.2 Å². The molecule has 0 bridgehead atoms. The molecular formula is C22H19Cl3N2O3S. The number of halogens is 3. The van der Waals surface area contributed by atoms with Crippen LogP contribution in [0.3, 0.4) is 0 Å². The number of benzene rings is 3. The number of nitrogens with one attached hydrogen (secondary N) is 2. The minimum Gasteiger partial charge on any atom is -0.351 e. The fourth-order valence-electron chi connectivity index (χ4n) is 2.88. The van der Waals surface area contributed by atoms with E-state index in [4.69, 9.17) is 34.8 Å². The third-order valence-electron chi connectivity index (χ3n) is 4.49. The number of rotatable bonds is 8. The van der Waals surface area contributed by atoms with Crippen LogP contribution < -0.4 is 10.0 Å². The second kappa shape index (κ2) is 10.5. The zero-order valence-corrected chi connectivity index (χ0v) is 19.3. The van der Waals surface area contributed by atoms with Gasteiger partial charge in [0.05, 0.1) is 4.90 Å². The molecule has 0 aliphatic rings. The highest BCUT2D eigenvalue weighted by molar-refractivity contribution is 7.89. The van der Waals surface area contributed by atoms with Crippen molar-refractivity contribution in [1.29, 1.82) is 0 Å². The third-order valence-corrected chi connectivity index (χ3v) is 6.82. The Morgan fingerprint density at radius 2 is 1.52 bits per heavy atom. The van der Waals surface area contributed by atoms with Crippen molar-refractivity contribution in [2.24, 2.45) is 0 Å². The first kappa shape index (κ1) is 23.6. The quantitative estimate of drug-likeness (QED) is 0.467. The molecule has 3 rings (SSSR count). The molecule has 1 atom stereocenters. The van der Waals surface area contributed by atoms with E-state index in [0.717, 1.165) is 5.56 Å². The highest BCUT2D eigenvalue weighted by atomic mass is 35.5. The molecule has 0 aromatic heterocycles. The average Bonchev–Trinajstić information content (AvgIpc) is 2.73. The van der Waals surface area contributed by atoms with Gasteiger partial charge in [0, 0.05) is 21.6 Å². The zero-order chi connectivity index (χ0) is 22.4. The summed E-state index contributed by atoms with van der Waals surface area (Å²) in [7, 11) is -3.95. The van der Waals surface area contributed by atoms with Gasteiger partial charge in [0.2, 0.25) is 15.9 Å². The first-order chi connectivity index (χ1) is 14.7. The van der Waals surface area contributed by atoms with E-state index in [0.29, 0.717) is 20.6 Å². The summed E-state index contributed by atoms with van der Waals surface area (Å²) in [6.07, 6.45) is 0.174. The Balaban J connectivity index is 1.79. The molecular weight excluding hydrogens is 479 g/mol. The van der Waals surface area contributed by atoms with Gasteiger partial charge in [-0.05, 0) is 53.9 Å². The van der Waals surface area contributed by atoms with E-state index in [9.17, 15) is 13.2 Å². The highest BCUT2D eigenvalue weighted by Gasteiger charge is 2.26. The molecule has 162 valence electrons. The topological polar surface area (TPSA) is 75.3 Å². The molecule has 0 radical (unpaired) electrons. The Kier molecular flexibility index (Phi) is 7.97. The molecule has 0 aliphatic carbocycles. The number of hydrogen-bond donors (Lipinski definition) is 2. The second-order valence-corrected chi connectivity index (χ2v) is 9.77. The first-order valence-electron chi connectivity index (χ1n) is 9.28. The predicted octanol–water partition coefficient (Wildman–Crippen LogP) is 4.85. The van der Waals surface area contributed by atoms with Crippen LogP contribution in [0.2, 0.25) is 15.1 Å². The maximum atomic E-state index is 12.9. The number of hydrogen-bond acceptors (Lipinski definition) is 3. The van der Waals surface area contributed by atoms with Crippen LogP contribution in [0.4, 0.5) is 0 Å². The molecule has 2 N–H and O–H groups in total. The average molecular weight is 498 g/mol. The van der Waals surface area contributed by atoms with E-state index in [1.165, 1.54) is 24.3 Å². The Morgan fingerprint density at radius 1 is 0.871 bits per heavy atom. The normalized spacial score (nSPS) is 12.4. The zero-order valence-electron chi connectivity index (χ0n) is 16.2. The van der Waals surface area contributed by atoms with Crippen molar-refractivity contribution in [2.75, 3.05) is 0 Å². The van der Waals surface area contributed by atoms with Gasteiger partial charge in [-0.3, -0.25) is 4.79 Å². The fourth-order valence-corrected chi connectivity index (χ4v) is 4.67. The summed E-state index contributed by atoms with van der Waals surface area (Å²) in [6, 6.07) is 18.8. The Hall–Kier alpha value is -2.09. The Bertz CT molecular complexity index is 1150. The predicted molar refractivity (Wildman–Crippen MR) is 124 cm³/mol. The summed E-state index contributed by atoms with van der Waals surface area (Å²) < 4.78 is 28.2. The third kappa shape index (κ3) is 6.69. The molecule has 3 aromatic rings. The van der Waals surface area contributed by atoms with Gasteiger partial charge in [-0.25, -0.2) is 8.42 Å². The summed E-state index contributed by atoms with van der Waals surface area (Å²) in [5, 5.41) is 4.06. The Morgan fingerprint density at radius 3 is 2.16 bits per heavy atom. The van der Waals surface area contributed by atoms with Crippen LogP contribution in [-0.2, 0) is 27.8 Å². The van der Waals surface area contributed by atoms with Gasteiger partial charge in [-0.1, -0.05) is 71.2 Å². The van der Waals surface area contributed by atoms with Crippen LogP contribution in [-0.4, -0.2) is 20.4 Å². The van der Waals surface area contributed by atoms with Gasteiger partial charge in [0.1, 0.15) is 6.04 Å². The summed E-state index contributed by atoms with van der Waals surface area (Å²) in [5.74, 6) is -0.479. The molecule has 0 fully saturated rings. The van der Waals surface area contributed by atoms with Crippen molar-refractivity contribution >= 4 is 50.7 Å². The van der Waals surface area contributed by atoms with Crippen molar-refractivity contribution in [1.82, 2.24) is 10.0 Å². The molecule has 0 unspecified atom stereocenters. The van der Waals surface area contributed by atoms with E-state index in [2.05, 4.69) is 10.0 Å². The van der Waals surface area contributed by atoms with Crippen LogP contribution >= 0.6 is 34.8 Å². The second-order valence-electron chi connectivity index (χ2n) is 6.77. The van der Waals surface area contributed by atoms with Gasteiger partial charge in [0.25, 0.3) is 0 Å². The van der Waals surface area contributed by atoms with E-state index in [1.54, 1.807) is 18.2 Å². The molecule has 5 nitrogen and oxygen atoms in total. The lowest BCUT2D eigenvalue weighted by Crippen LogP contribution is -2.47. The van der Waals surface area contributed by atoms with E-state index < -0.39 is 22.0 Å². The molecule has 0 spiro atoms. The number of sulfonamides is 1. The maximum Gasteiger partial charge on any atom is 0.241 e. The lowest BCUT2D eigenvalue weighted by Gasteiger charge is -2.19. The molecule has 9 heteroatoms. The molecule has 1 amide bonds. The van der Waals surface area contributed by atoms with Gasteiger partial charge in [-0.15, -0.1) is 0 Å². The largest absolute Gasteiger partial charge is 0.351 e. The van der Waals surface area contributed by atoms with E-state index in [-0.39, 0.29) is 17.9 Å². The van der Waals surface area contributed by atoms with E-state index in [1.807, 2.05) is 30.3 Å². The number of carbonyl (C=O) groups excluding carboxylic acids is 1. The molecule has 0 saturated heterocycles. The molecule has 3 aromatic carbocycles. The van der Waals surface area contributed by atoms with Gasteiger partial charge in [-0.2, -0.15) is 4.72 Å². The summed E-state index contributed by atoms with van der Waals surface area (Å²) in [4.78, 5) is 13.0. The molecule has 31 heavy (non-hydrogen) atoms. The lowest BCUT2D eigenvalue weighted by atomic mass is 10.1. The van der Waals surface area contributed by atoms with E-state index >= 15 is 0 Å². The van der Waals surface area contributed by atoms with Crippen LogP contribution in [0.5, 0.6) is 0 Å². The molecule has 0 aliphatic heterocycles. The van der Waals surface area contributed by atoms with Crippen LogP contribution in [0.1, 0.15) is 11.1 Å². The summed E-state index contributed by atoms with van der Waals surface area (Å²) in [6.45, 7) is 0.128. The summed E-state index contributed by atoms with van der Waals surface area (Å²) >= 11 is 17.9. The van der Waals surface area contributed by atoms with Gasteiger partial charge < -0.3 is 5.32 Å². The number of amides is 1. The van der Waals surface area contributed by atoms with Crippen molar-refractivity contribution in [3.05, 3.63) is 99.0 Å². The van der Waals surface area contributed by atoms with Crippen LogP contribution in [0, 0.1) is 0 Å². The first-order valence-corrected chi connectivity index (χ1v) is 11.9. The van der Waals surface area contributed by atoms with Crippen molar-refractivity contribution in [2.45, 2.75) is 23.9 Å². The van der Waals surface area contributed by atoms with Crippen molar-refractivity contribution in [3.63, 3.8) is 0 Å².